The quantitative estimate of drug-likeness (QED) is 0.769. The molecule has 1 aromatic rings. The number of ketones is 1. The van der Waals surface area contributed by atoms with Crippen LogP contribution in [0.25, 0.3) is 5.57 Å². The first kappa shape index (κ1) is 11.7. The van der Waals surface area contributed by atoms with Crippen LogP contribution in [0.5, 0.6) is 0 Å². The maximum atomic E-state index is 11.4. The van der Waals surface area contributed by atoms with Crippen LogP contribution in [-0.4, -0.2) is 5.78 Å². The van der Waals surface area contributed by atoms with Gasteiger partial charge in [-0.15, -0.1) is 0 Å². The Morgan fingerprint density at radius 3 is 2.12 bits per heavy atom. The fourth-order valence-corrected chi connectivity index (χ4v) is 1.39. The molecule has 1 aromatic carbocycles. The van der Waals surface area contributed by atoms with E-state index < -0.39 is 11.2 Å². The van der Waals surface area contributed by atoms with Crippen LogP contribution in [0.2, 0.25) is 0 Å². The number of hydrogen-bond acceptors (Lipinski definition) is 3. The monoisotopic (exact) mass is 210 g/mol. The minimum Gasteiger partial charge on any atom is -0.297 e. The van der Waals surface area contributed by atoms with E-state index in [-0.39, 0.29) is 5.57 Å². The van der Waals surface area contributed by atoms with Gasteiger partial charge in [0, 0.05) is 0 Å². The Hall–Kier alpha value is -2.39. The van der Waals surface area contributed by atoms with Crippen molar-refractivity contribution in [3.8, 4) is 12.1 Å². The second kappa shape index (κ2) is 4.42. The molecule has 0 atom stereocenters. The van der Waals surface area contributed by atoms with Crippen LogP contribution >= 0.6 is 0 Å². The lowest BCUT2D eigenvalue weighted by Gasteiger charge is -2.18. The average Bonchev–Trinajstić information content (AvgIpc) is 2.32. The van der Waals surface area contributed by atoms with Gasteiger partial charge in [0.05, 0.1) is 12.1 Å². The first-order chi connectivity index (χ1) is 7.58. The van der Waals surface area contributed by atoms with Crippen molar-refractivity contribution in [1.82, 2.24) is 0 Å². The zero-order valence-electron chi connectivity index (χ0n) is 8.90. The van der Waals surface area contributed by atoms with Gasteiger partial charge in [0.2, 0.25) is 5.41 Å². The second-order valence-electron chi connectivity index (χ2n) is 3.37. The van der Waals surface area contributed by atoms with E-state index in [4.69, 9.17) is 10.5 Å². The molecule has 0 radical (unpaired) electrons. The smallest absolute Gasteiger partial charge is 0.225 e. The van der Waals surface area contributed by atoms with Crippen LogP contribution in [0, 0.1) is 28.1 Å². The van der Waals surface area contributed by atoms with Crippen molar-refractivity contribution in [2.24, 2.45) is 5.41 Å². The molecule has 0 saturated heterocycles. The number of rotatable bonds is 3. The Morgan fingerprint density at radius 2 is 1.75 bits per heavy atom. The van der Waals surface area contributed by atoms with Gasteiger partial charge < -0.3 is 0 Å². The van der Waals surface area contributed by atoms with Crippen molar-refractivity contribution in [3.05, 3.63) is 42.5 Å². The molecular weight excluding hydrogens is 200 g/mol. The fraction of sp³-hybridized carbons (Fsp3) is 0.154. The number of carbonyl (C=O) groups is 1. The van der Waals surface area contributed by atoms with Gasteiger partial charge >= 0.3 is 0 Å². The summed E-state index contributed by atoms with van der Waals surface area (Å²) < 4.78 is 0. The Morgan fingerprint density at radius 1 is 1.25 bits per heavy atom. The normalized spacial score (nSPS) is 9.94. The molecule has 0 aliphatic heterocycles. The third-order valence-electron chi connectivity index (χ3n) is 2.44. The minimum atomic E-state index is -1.78. The lowest BCUT2D eigenvalue weighted by Crippen LogP contribution is -2.26. The van der Waals surface area contributed by atoms with Gasteiger partial charge in [-0.1, -0.05) is 36.9 Å². The van der Waals surface area contributed by atoms with Gasteiger partial charge in [0.25, 0.3) is 0 Å². The zero-order chi connectivity index (χ0) is 12.2. The Balaban J connectivity index is 3.30. The lowest BCUT2D eigenvalue weighted by molar-refractivity contribution is -0.119. The van der Waals surface area contributed by atoms with E-state index in [2.05, 4.69) is 6.58 Å². The number of carbonyl (C=O) groups excluding carboxylic acids is 1. The zero-order valence-corrected chi connectivity index (χ0v) is 8.90. The summed E-state index contributed by atoms with van der Waals surface area (Å²) in [6, 6.07) is 12.3. The molecular formula is C13H10N2O. The van der Waals surface area contributed by atoms with Crippen molar-refractivity contribution in [1.29, 1.82) is 10.5 Å². The lowest BCUT2D eigenvalue weighted by atomic mass is 9.77. The van der Waals surface area contributed by atoms with Gasteiger partial charge in [0.15, 0.2) is 5.78 Å². The van der Waals surface area contributed by atoms with E-state index in [1.54, 1.807) is 36.4 Å². The van der Waals surface area contributed by atoms with Crippen LogP contribution in [0.4, 0.5) is 0 Å². The van der Waals surface area contributed by atoms with Crippen molar-refractivity contribution < 1.29 is 4.79 Å². The molecule has 0 N–H and O–H groups in total. The Kier molecular flexibility index (Phi) is 3.23. The molecule has 0 bridgehead atoms. The fourth-order valence-electron chi connectivity index (χ4n) is 1.39. The predicted molar refractivity (Wildman–Crippen MR) is 59.8 cm³/mol. The number of nitriles is 2. The molecule has 0 heterocycles. The molecule has 0 fully saturated rings. The van der Waals surface area contributed by atoms with Crippen LogP contribution in [0.15, 0.2) is 36.9 Å². The summed E-state index contributed by atoms with van der Waals surface area (Å²) in [5.74, 6) is -0.508. The highest BCUT2D eigenvalue weighted by Crippen LogP contribution is 2.33. The van der Waals surface area contributed by atoms with Crippen molar-refractivity contribution in [2.45, 2.75) is 6.92 Å². The molecule has 78 valence electrons. The van der Waals surface area contributed by atoms with Gasteiger partial charge in [-0.25, -0.2) is 0 Å². The predicted octanol–water partition coefficient (Wildman–Crippen LogP) is 2.32. The van der Waals surface area contributed by atoms with E-state index in [1.807, 2.05) is 6.07 Å². The maximum absolute atomic E-state index is 11.4. The molecule has 0 aliphatic rings. The summed E-state index contributed by atoms with van der Waals surface area (Å²) in [4.78, 5) is 11.4. The van der Waals surface area contributed by atoms with Crippen LogP contribution in [0.3, 0.4) is 0 Å². The number of allylic oxidation sites excluding steroid dienone is 1. The van der Waals surface area contributed by atoms with Crippen molar-refractivity contribution in [2.75, 3.05) is 0 Å². The standard InChI is InChI=1S/C13H10N2O/c1-10(12-6-4-3-5-7-12)13(8-14,9-15)11(2)16/h3-7H,1H2,2H3. The largest absolute Gasteiger partial charge is 0.297 e. The number of benzene rings is 1. The molecule has 0 aromatic heterocycles. The van der Waals surface area contributed by atoms with Gasteiger partial charge in [-0.2, -0.15) is 10.5 Å². The number of Topliss-reactive ketones (excluding diaryl/α,β-unsaturated/α-hetero) is 1. The van der Waals surface area contributed by atoms with E-state index in [0.29, 0.717) is 5.56 Å². The van der Waals surface area contributed by atoms with Crippen LogP contribution in [0.1, 0.15) is 12.5 Å². The summed E-state index contributed by atoms with van der Waals surface area (Å²) in [5.41, 5.74) is -0.923. The molecule has 3 heteroatoms. The molecule has 0 amide bonds. The second-order valence-corrected chi connectivity index (χ2v) is 3.37. The minimum absolute atomic E-state index is 0.227. The molecule has 16 heavy (non-hydrogen) atoms. The summed E-state index contributed by atoms with van der Waals surface area (Å²) in [6.07, 6.45) is 0. The van der Waals surface area contributed by atoms with Crippen molar-refractivity contribution in [3.63, 3.8) is 0 Å². The van der Waals surface area contributed by atoms with E-state index >= 15 is 0 Å². The summed E-state index contributed by atoms with van der Waals surface area (Å²) in [7, 11) is 0. The average molecular weight is 210 g/mol. The highest BCUT2D eigenvalue weighted by Gasteiger charge is 2.39. The molecule has 1 rings (SSSR count). The molecule has 0 aliphatic carbocycles. The number of hydrogen-bond donors (Lipinski definition) is 0. The van der Waals surface area contributed by atoms with Gasteiger partial charge in [0.1, 0.15) is 0 Å². The highest BCUT2D eigenvalue weighted by molar-refractivity contribution is 6.01. The van der Waals surface area contributed by atoms with Crippen molar-refractivity contribution >= 4 is 11.4 Å². The molecule has 0 saturated carbocycles. The summed E-state index contributed by atoms with van der Waals surface area (Å²) in [6.45, 7) is 4.92. The Labute approximate surface area is 94.2 Å². The summed E-state index contributed by atoms with van der Waals surface area (Å²) in [5, 5.41) is 18.0. The Bertz CT molecular complexity index is 489. The SMILES string of the molecule is C=C(c1ccccc1)C(C#N)(C#N)C(C)=O. The van der Waals surface area contributed by atoms with Crippen LogP contribution < -0.4 is 0 Å². The van der Waals surface area contributed by atoms with Gasteiger partial charge in [-0.05, 0) is 18.1 Å². The molecule has 0 spiro atoms. The maximum Gasteiger partial charge on any atom is 0.225 e. The number of nitrogens with zero attached hydrogens (tertiary/aromatic N) is 2. The highest BCUT2D eigenvalue weighted by atomic mass is 16.1. The summed E-state index contributed by atoms with van der Waals surface area (Å²) >= 11 is 0. The van der Waals surface area contributed by atoms with Crippen LogP contribution in [-0.2, 0) is 4.79 Å². The topological polar surface area (TPSA) is 64.7 Å². The third kappa shape index (κ3) is 1.71. The van der Waals surface area contributed by atoms with E-state index in [9.17, 15) is 4.79 Å². The molecule has 3 nitrogen and oxygen atoms in total. The first-order valence-electron chi connectivity index (χ1n) is 4.67. The van der Waals surface area contributed by atoms with E-state index in [0.717, 1.165) is 0 Å². The van der Waals surface area contributed by atoms with E-state index in [1.165, 1.54) is 6.92 Å². The third-order valence-corrected chi connectivity index (χ3v) is 2.44. The van der Waals surface area contributed by atoms with Gasteiger partial charge in [-0.3, -0.25) is 4.79 Å². The first-order valence-corrected chi connectivity index (χ1v) is 4.67. The molecule has 0 unspecified atom stereocenters.